The summed E-state index contributed by atoms with van der Waals surface area (Å²) in [6.45, 7) is 2.62. The first-order valence-corrected chi connectivity index (χ1v) is 8.48. The van der Waals surface area contributed by atoms with Crippen molar-refractivity contribution >= 4 is 0 Å². The number of aliphatic hydroxyl groups excluding tert-OH is 1. The zero-order chi connectivity index (χ0) is 16.8. The largest absolute Gasteiger partial charge is 0.493 e. The van der Waals surface area contributed by atoms with Crippen LogP contribution in [-0.2, 0) is 13.0 Å². The van der Waals surface area contributed by atoms with E-state index in [-0.39, 0.29) is 6.61 Å². The van der Waals surface area contributed by atoms with Gasteiger partial charge in [0.25, 0.3) is 0 Å². The van der Waals surface area contributed by atoms with Crippen LogP contribution in [0.25, 0.3) is 0 Å². The SMILES string of the molecule is OC[C@]1(O)CCN(Cc2ccc(OCCc3ccccc3)cc2)C1. The van der Waals surface area contributed by atoms with Gasteiger partial charge in [0.1, 0.15) is 11.4 Å². The van der Waals surface area contributed by atoms with Crippen LogP contribution in [0, 0.1) is 0 Å². The van der Waals surface area contributed by atoms with Gasteiger partial charge in [0, 0.05) is 26.1 Å². The topological polar surface area (TPSA) is 52.9 Å². The highest BCUT2D eigenvalue weighted by Crippen LogP contribution is 2.23. The van der Waals surface area contributed by atoms with E-state index in [1.165, 1.54) is 11.1 Å². The van der Waals surface area contributed by atoms with Gasteiger partial charge in [0.15, 0.2) is 0 Å². The van der Waals surface area contributed by atoms with Crippen molar-refractivity contribution < 1.29 is 14.9 Å². The van der Waals surface area contributed by atoms with E-state index in [1.807, 2.05) is 30.3 Å². The van der Waals surface area contributed by atoms with Gasteiger partial charge in [-0.3, -0.25) is 4.90 Å². The van der Waals surface area contributed by atoms with Gasteiger partial charge in [-0.2, -0.15) is 0 Å². The Kier molecular flexibility index (Phi) is 5.51. The summed E-state index contributed by atoms with van der Waals surface area (Å²) < 4.78 is 5.80. The van der Waals surface area contributed by atoms with Gasteiger partial charge in [-0.25, -0.2) is 0 Å². The zero-order valence-corrected chi connectivity index (χ0v) is 13.9. The standard InChI is InChI=1S/C20H25NO3/c22-16-20(23)11-12-21(15-20)14-18-6-8-19(9-7-18)24-13-10-17-4-2-1-3-5-17/h1-9,22-23H,10-16H2/t20-/m0/s1. The lowest BCUT2D eigenvalue weighted by Crippen LogP contribution is -2.36. The molecular weight excluding hydrogens is 302 g/mol. The number of nitrogens with zero attached hydrogens (tertiary/aromatic N) is 1. The highest BCUT2D eigenvalue weighted by molar-refractivity contribution is 5.27. The molecule has 4 heteroatoms. The lowest BCUT2D eigenvalue weighted by atomic mass is 10.1. The van der Waals surface area contributed by atoms with E-state index in [1.54, 1.807) is 0 Å². The molecule has 0 saturated carbocycles. The van der Waals surface area contributed by atoms with Gasteiger partial charge in [0.2, 0.25) is 0 Å². The third-order valence-electron chi connectivity index (χ3n) is 4.54. The van der Waals surface area contributed by atoms with Gasteiger partial charge in [-0.15, -0.1) is 0 Å². The van der Waals surface area contributed by atoms with Crippen LogP contribution in [-0.4, -0.2) is 47.0 Å². The van der Waals surface area contributed by atoms with Crippen molar-refractivity contribution in [2.45, 2.75) is 25.0 Å². The number of aliphatic hydroxyl groups is 2. The molecular formula is C20H25NO3. The molecule has 2 aromatic carbocycles. The molecule has 0 unspecified atom stereocenters. The molecule has 0 aromatic heterocycles. The number of benzene rings is 2. The number of likely N-dealkylation sites (tertiary alicyclic amines) is 1. The van der Waals surface area contributed by atoms with Crippen molar-refractivity contribution in [2.75, 3.05) is 26.3 Å². The van der Waals surface area contributed by atoms with Crippen molar-refractivity contribution in [3.05, 3.63) is 65.7 Å². The number of hydrogen-bond acceptors (Lipinski definition) is 4. The lowest BCUT2D eigenvalue weighted by molar-refractivity contribution is -0.00580. The second kappa shape index (κ2) is 7.79. The van der Waals surface area contributed by atoms with Gasteiger partial charge < -0.3 is 14.9 Å². The molecule has 2 N–H and O–H groups in total. The van der Waals surface area contributed by atoms with E-state index in [9.17, 15) is 10.2 Å². The van der Waals surface area contributed by atoms with Crippen LogP contribution in [0.4, 0.5) is 0 Å². The van der Waals surface area contributed by atoms with Crippen LogP contribution in [0.2, 0.25) is 0 Å². The molecule has 1 fully saturated rings. The van der Waals surface area contributed by atoms with Crippen LogP contribution < -0.4 is 4.74 Å². The van der Waals surface area contributed by atoms with Crippen molar-refractivity contribution in [3.63, 3.8) is 0 Å². The van der Waals surface area contributed by atoms with E-state index in [0.717, 1.165) is 25.3 Å². The zero-order valence-electron chi connectivity index (χ0n) is 13.9. The second-order valence-corrected chi connectivity index (χ2v) is 6.57. The summed E-state index contributed by atoms with van der Waals surface area (Å²) in [6.07, 6.45) is 1.53. The van der Waals surface area contributed by atoms with Gasteiger partial charge in [-0.1, -0.05) is 42.5 Å². The highest BCUT2D eigenvalue weighted by Gasteiger charge is 2.35. The maximum atomic E-state index is 10.1. The van der Waals surface area contributed by atoms with Crippen LogP contribution >= 0.6 is 0 Å². The number of hydrogen-bond donors (Lipinski definition) is 2. The second-order valence-electron chi connectivity index (χ2n) is 6.57. The third-order valence-corrected chi connectivity index (χ3v) is 4.54. The average molecular weight is 327 g/mol. The Morgan fingerprint density at radius 2 is 1.75 bits per heavy atom. The first-order valence-electron chi connectivity index (χ1n) is 8.48. The summed E-state index contributed by atoms with van der Waals surface area (Å²) in [5.41, 5.74) is 1.53. The van der Waals surface area contributed by atoms with Crippen molar-refractivity contribution in [3.8, 4) is 5.75 Å². The number of β-amino-alcohol motifs (C(OH)–C–C–N with tert-alkyl or cyclic N) is 1. The molecule has 0 amide bonds. The molecule has 1 aliphatic heterocycles. The normalized spacial score (nSPS) is 21.1. The molecule has 0 bridgehead atoms. The molecule has 0 spiro atoms. The summed E-state index contributed by atoms with van der Waals surface area (Å²) in [5.74, 6) is 0.878. The van der Waals surface area contributed by atoms with Crippen LogP contribution in [0.5, 0.6) is 5.75 Å². The van der Waals surface area contributed by atoms with Crippen molar-refractivity contribution in [1.29, 1.82) is 0 Å². The molecule has 1 heterocycles. The molecule has 0 aliphatic carbocycles. The molecule has 2 aromatic rings. The quantitative estimate of drug-likeness (QED) is 0.819. The Labute approximate surface area is 143 Å². The Hall–Kier alpha value is -1.88. The van der Waals surface area contributed by atoms with Gasteiger partial charge >= 0.3 is 0 Å². The van der Waals surface area contributed by atoms with Crippen LogP contribution in [0.3, 0.4) is 0 Å². The molecule has 0 radical (unpaired) electrons. The van der Waals surface area contributed by atoms with Crippen LogP contribution in [0.1, 0.15) is 17.5 Å². The summed E-state index contributed by atoms with van der Waals surface area (Å²) in [7, 11) is 0. The molecule has 3 rings (SSSR count). The van der Waals surface area contributed by atoms with E-state index < -0.39 is 5.60 Å². The fourth-order valence-electron chi connectivity index (χ4n) is 3.09. The summed E-state index contributed by atoms with van der Waals surface area (Å²) in [6, 6.07) is 18.4. The minimum atomic E-state index is -0.930. The molecule has 128 valence electrons. The van der Waals surface area contributed by atoms with E-state index in [2.05, 4.69) is 29.2 Å². The first-order chi connectivity index (χ1) is 11.7. The van der Waals surface area contributed by atoms with Crippen molar-refractivity contribution in [1.82, 2.24) is 4.90 Å². The number of ether oxygens (including phenoxy) is 1. The molecule has 1 atom stereocenters. The van der Waals surface area contributed by atoms with Crippen molar-refractivity contribution in [2.24, 2.45) is 0 Å². The minimum absolute atomic E-state index is 0.169. The monoisotopic (exact) mass is 327 g/mol. The predicted molar refractivity (Wildman–Crippen MR) is 94.0 cm³/mol. The van der Waals surface area contributed by atoms with E-state index >= 15 is 0 Å². The first kappa shape index (κ1) is 17.0. The fourth-order valence-corrected chi connectivity index (χ4v) is 3.09. The highest BCUT2D eigenvalue weighted by atomic mass is 16.5. The molecule has 4 nitrogen and oxygen atoms in total. The minimum Gasteiger partial charge on any atom is -0.493 e. The average Bonchev–Trinajstić information content (AvgIpc) is 2.99. The third kappa shape index (κ3) is 4.57. The Bertz CT molecular complexity index is 629. The van der Waals surface area contributed by atoms with Gasteiger partial charge in [0.05, 0.1) is 13.2 Å². The summed E-state index contributed by atoms with van der Waals surface area (Å²) in [4.78, 5) is 2.17. The van der Waals surface area contributed by atoms with Crippen LogP contribution in [0.15, 0.2) is 54.6 Å². The summed E-state index contributed by atoms with van der Waals surface area (Å²) >= 11 is 0. The summed E-state index contributed by atoms with van der Waals surface area (Å²) in [5, 5.41) is 19.3. The number of rotatable bonds is 7. The lowest BCUT2D eigenvalue weighted by Gasteiger charge is -2.21. The van der Waals surface area contributed by atoms with E-state index in [4.69, 9.17) is 4.74 Å². The van der Waals surface area contributed by atoms with E-state index in [0.29, 0.717) is 19.6 Å². The predicted octanol–water partition coefficient (Wildman–Crippen LogP) is 2.24. The maximum Gasteiger partial charge on any atom is 0.119 e. The fraction of sp³-hybridized carbons (Fsp3) is 0.400. The Morgan fingerprint density at radius 3 is 2.42 bits per heavy atom. The maximum absolute atomic E-state index is 10.1. The smallest absolute Gasteiger partial charge is 0.119 e. The molecule has 1 aliphatic rings. The molecule has 24 heavy (non-hydrogen) atoms. The Balaban J connectivity index is 1.45. The Morgan fingerprint density at radius 1 is 1.00 bits per heavy atom. The van der Waals surface area contributed by atoms with Gasteiger partial charge in [-0.05, 0) is 29.7 Å². The molecule has 1 saturated heterocycles.